The zero-order chi connectivity index (χ0) is 11.4. The number of aromatic nitrogens is 2. The van der Waals surface area contributed by atoms with Crippen LogP contribution >= 0.6 is 24.0 Å². The van der Waals surface area contributed by atoms with Gasteiger partial charge in [0.25, 0.3) is 0 Å². The smallest absolute Gasteiger partial charge is 0.191 e. The molecular weight excluding hydrogens is 329 g/mol. The van der Waals surface area contributed by atoms with E-state index in [1.165, 1.54) is 12.8 Å². The molecular formula is C11H20IN5. The number of hydrogen-bond donors (Lipinski definition) is 2. The van der Waals surface area contributed by atoms with E-state index in [0.29, 0.717) is 0 Å². The maximum atomic E-state index is 4.18. The Balaban J connectivity index is 0.00000144. The molecule has 2 N–H and O–H groups in total. The van der Waals surface area contributed by atoms with Gasteiger partial charge >= 0.3 is 0 Å². The van der Waals surface area contributed by atoms with Crippen molar-refractivity contribution in [1.82, 2.24) is 20.4 Å². The van der Waals surface area contributed by atoms with Crippen LogP contribution in [0.3, 0.4) is 0 Å². The second kappa shape index (κ2) is 6.83. The lowest BCUT2D eigenvalue weighted by Crippen LogP contribution is -2.38. The minimum Gasteiger partial charge on any atom is -0.356 e. The number of aryl methyl sites for hydroxylation is 1. The number of nitrogens with one attached hydrogen (secondary N) is 2. The van der Waals surface area contributed by atoms with E-state index in [2.05, 4.69) is 20.7 Å². The largest absolute Gasteiger partial charge is 0.356 e. The van der Waals surface area contributed by atoms with Crippen LogP contribution in [0.25, 0.3) is 0 Å². The van der Waals surface area contributed by atoms with Gasteiger partial charge in [-0.25, -0.2) is 0 Å². The van der Waals surface area contributed by atoms with Crippen molar-refractivity contribution in [1.29, 1.82) is 0 Å². The topological polar surface area (TPSA) is 54.2 Å². The third-order valence-corrected chi connectivity index (χ3v) is 2.84. The Hall–Kier alpha value is -0.790. The van der Waals surface area contributed by atoms with Crippen molar-refractivity contribution >= 4 is 29.9 Å². The maximum Gasteiger partial charge on any atom is 0.191 e. The Labute approximate surface area is 119 Å². The lowest BCUT2D eigenvalue weighted by molar-refractivity contribution is 0.678. The van der Waals surface area contributed by atoms with Gasteiger partial charge in [0, 0.05) is 26.8 Å². The van der Waals surface area contributed by atoms with Gasteiger partial charge in [-0.15, -0.1) is 24.0 Å². The van der Waals surface area contributed by atoms with Crippen LogP contribution in [0.4, 0.5) is 0 Å². The molecule has 0 radical (unpaired) electrons. The summed E-state index contributed by atoms with van der Waals surface area (Å²) >= 11 is 0. The molecule has 0 unspecified atom stereocenters. The molecule has 1 aromatic rings. The van der Waals surface area contributed by atoms with Crippen LogP contribution in [0.5, 0.6) is 0 Å². The van der Waals surface area contributed by atoms with E-state index in [1.807, 2.05) is 17.8 Å². The molecule has 96 valence electrons. The summed E-state index contributed by atoms with van der Waals surface area (Å²) in [6.07, 6.45) is 4.51. The molecule has 1 fully saturated rings. The van der Waals surface area contributed by atoms with Crippen LogP contribution in [0, 0.1) is 5.92 Å². The van der Waals surface area contributed by atoms with Crippen LogP contribution in [0.2, 0.25) is 0 Å². The van der Waals surface area contributed by atoms with Gasteiger partial charge in [-0.1, -0.05) is 0 Å². The van der Waals surface area contributed by atoms with Crippen LogP contribution in [0.15, 0.2) is 17.3 Å². The Morgan fingerprint density at radius 2 is 2.29 bits per heavy atom. The van der Waals surface area contributed by atoms with E-state index in [1.54, 1.807) is 13.2 Å². The third-order valence-electron chi connectivity index (χ3n) is 2.84. The summed E-state index contributed by atoms with van der Waals surface area (Å²) in [6, 6.07) is 2.00. The molecule has 1 aliphatic rings. The van der Waals surface area contributed by atoms with E-state index in [-0.39, 0.29) is 24.0 Å². The predicted molar refractivity (Wildman–Crippen MR) is 79.5 cm³/mol. The fourth-order valence-electron chi connectivity index (χ4n) is 1.53. The SMILES string of the molecule is CN=C(NCc1ccnn1C)NCC1CC1.I. The Kier molecular flexibility index (Phi) is 5.73. The van der Waals surface area contributed by atoms with E-state index >= 15 is 0 Å². The summed E-state index contributed by atoms with van der Waals surface area (Å²) in [5, 5.41) is 10.7. The van der Waals surface area contributed by atoms with E-state index < -0.39 is 0 Å². The average molecular weight is 349 g/mol. The van der Waals surface area contributed by atoms with Crippen molar-refractivity contribution < 1.29 is 0 Å². The van der Waals surface area contributed by atoms with Gasteiger partial charge in [-0.05, 0) is 24.8 Å². The van der Waals surface area contributed by atoms with E-state index in [0.717, 1.165) is 30.7 Å². The molecule has 1 saturated carbocycles. The van der Waals surface area contributed by atoms with Gasteiger partial charge in [-0.3, -0.25) is 9.67 Å². The highest BCUT2D eigenvalue weighted by atomic mass is 127. The summed E-state index contributed by atoms with van der Waals surface area (Å²) in [4.78, 5) is 4.18. The predicted octanol–water partition coefficient (Wildman–Crippen LogP) is 1.11. The standard InChI is InChI=1S/C11H19N5.HI/c1-12-11(13-7-9-3-4-9)14-8-10-5-6-15-16(10)2;/h5-6,9H,3-4,7-8H2,1-2H3,(H2,12,13,14);1H. The molecule has 1 aliphatic carbocycles. The van der Waals surface area contributed by atoms with Crippen molar-refractivity contribution in [2.24, 2.45) is 18.0 Å². The molecule has 1 heterocycles. The molecule has 0 spiro atoms. The number of nitrogens with zero attached hydrogens (tertiary/aromatic N) is 3. The fraction of sp³-hybridized carbons (Fsp3) is 0.636. The highest BCUT2D eigenvalue weighted by Crippen LogP contribution is 2.27. The van der Waals surface area contributed by atoms with Gasteiger partial charge in [-0.2, -0.15) is 5.10 Å². The van der Waals surface area contributed by atoms with E-state index in [9.17, 15) is 0 Å². The lowest BCUT2D eigenvalue weighted by Gasteiger charge is -2.11. The fourth-order valence-corrected chi connectivity index (χ4v) is 1.53. The molecule has 0 aromatic carbocycles. The number of aliphatic imine (C=N–C) groups is 1. The molecule has 6 heteroatoms. The average Bonchev–Trinajstić information content (AvgIpc) is 3.03. The van der Waals surface area contributed by atoms with Gasteiger partial charge < -0.3 is 10.6 Å². The second-order valence-corrected chi connectivity index (χ2v) is 4.20. The molecule has 17 heavy (non-hydrogen) atoms. The van der Waals surface area contributed by atoms with Crippen molar-refractivity contribution in [3.05, 3.63) is 18.0 Å². The zero-order valence-electron chi connectivity index (χ0n) is 10.3. The van der Waals surface area contributed by atoms with Crippen molar-refractivity contribution in [2.75, 3.05) is 13.6 Å². The minimum absolute atomic E-state index is 0. The van der Waals surface area contributed by atoms with E-state index in [4.69, 9.17) is 0 Å². The Bertz CT molecular complexity index is 370. The summed E-state index contributed by atoms with van der Waals surface area (Å²) in [6.45, 7) is 1.78. The number of rotatable bonds is 4. The molecule has 0 aliphatic heterocycles. The first-order chi connectivity index (χ1) is 7.79. The molecule has 0 saturated heterocycles. The van der Waals surface area contributed by atoms with Gasteiger partial charge in [0.05, 0.1) is 12.2 Å². The summed E-state index contributed by atoms with van der Waals surface area (Å²) in [7, 11) is 3.74. The minimum atomic E-state index is 0. The normalized spacial score (nSPS) is 15.3. The van der Waals surface area contributed by atoms with Crippen molar-refractivity contribution in [2.45, 2.75) is 19.4 Å². The zero-order valence-corrected chi connectivity index (χ0v) is 12.6. The van der Waals surface area contributed by atoms with Gasteiger partial charge in [0.2, 0.25) is 0 Å². The number of hydrogen-bond acceptors (Lipinski definition) is 2. The third kappa shape index (κ3) is 4.53. The highest BCUT2D eigenvalue weighted by Gasteiger charge is 2.20. The van der Waals surface area contributed by atoms with Crippen LogP contribution in [-0.4, -0.2) is 29.3 Å². The maximum absolute atomic E-state index is 4.18. The quantitative estimate of drug-likeness (QED) is 0.487. The summed E-state index contributed by atoms with van der Waals surface area (Å²) < 4.78 is 1.86. The molecule has 2 rings (SSSR count). The summed E-state index contributed by atoms with van der Waals surface area (Å²) in [5.41, 5.74) is 1.15. The highest BCUT2D eigenvalue weighted by molar-refractivity contribution is 14.0. The molecule has 1 aromatic heterocycles. The monoisotopic (exact) mass is 349 g/mol. The van der Waals surface area contributed by atoms with Crippen LogP contribution in [0.1, 0.15) is 18.5 Å². The molecule has 0 amide bonds. The van der Waals surface area contributed by atoms with Crippen LogP contribution in [-0.2, 0) is 13.6 Å². The first kappa shape index (κ1) is 14.3. The molecule has 5 nitrogen and oxygen atoms in total. The van der Waals surface area contributed by atoms with Gasteiger partial charge in [0.15, 0.2) is 5.96 Å². The molecule has 0 bridgehead atoms. The number of halogens is 1. The first-order valence-electron chi connectivity index (χ1n) is 5.71. The Morgan fingerprint density at radius 3 is 2.82 bits per heavy atom. The van der Waals surface area contributed by atoms with Gasteiger partial charge in [0.1, 0.15) is 0 Å². The summed E-state index contributed by atoms with van der Waals surface area (Å²) in [5.74, 6) is 1.73. The van der Waals surface area contributed by atoms with Crippen molar-refractivity contribution in [3.8, 4) is 0 Å². The lowest BCUT2D eigenvalue weighted by atomic mass is 10.4. The molecule has 0 atom stereocenters. The first-order valence-corrected chi connectivity index (χ1v) is 5.71. The number of guanidine groups is 1. The second-order valence-electron chi connectivity index (χ2n) is 4.20. The van der Waals surface area contributed by atoms with Crippen molar-refractivity contribution in [3.63, 3.8) is 0 Å². The Morgan fingerprint density at radius 1 is 1.53 bits per heavy atom. The van der Waals surface area contributed by atoms with Crippen LogP contribution < -0.4 is 10.6 Å².